The molecule has 0 spiro atoms. The summed E-state index contributed by atoms with van der Waals surface area (Å²) in [5, 5.41) is 17.8. The Bertz CT molecular complexity index is 720. The minimum Gasteiger partial charge on any atom is -0.508 e. The first-order chi connectivity index (χ1) is 10.7. The molecular weight excluding hydrogens is 274 g/mol. The second-order valence-electron chi connectivity index (χ2n) is 5.59. The highest BCUT2D eigenvalue weighted by Crippen LogP contribution is 2.21. The fraction of sp³-hybridized carbons (Fsp3) is 0.222. The Morgan fingerprint density at radius 3 is 2.50 bits per heavy atom. The van der Waals surface area contributed by atoms with Gasteiger partial charge in [-0.2, -0.15) is 0 Å². The summed E-state index contributed by atoms with van der Waals surface area (Å²) in [4.78, 5) is 0. The molecule has 1 unspecified atom stereocenters. The summed E-state index contributed by atoms with van der Waals surface area (Å²) in [6.07, 6.45) is 2.84. The molecular formula is C18H19N3O. The average Bonchev–Trinajstić information content (AvgIpc) is 2.96. The van der Waals surface area contributed by atoms with E-state index in [1.54, 1.807) is 12.1 Å². The first-order valence-corrected chi connectivity index (χ1v) is 7.42. The van der Waals surface area contributed by atoms with Gasteiger partial charge in [0, 0.05) is 6.20 Å². The SMILES string of the molecule is CC(Cc1cn(Cc2ccccc2)nn1)c1ccc(O)cc1. The number of phenols is 1. The molecule has 0 saturated heterocycles. The van der Waals surface area contributed by atoms with E-state index in [1.165, 1.54) is 11.1 Å². The summed E-state index contributed by atoms with van der Waals surface area (Å²) in [6.45, 7) is 2.89. The molecule has 0 aliphatic heterocycles. The summed E-state index contributed by atoms with van der Waals surface area (Å²) in [6, 6.07) is 17.6. The number of hydrogen-bond acceptors (Lipinski definition) is 3. The highest BCUT2D eigenvalue weighted by Gasteiger charge is 2.10. The van der Waals surface area contributed by atoms with E-state index in [1.807, 2.05) is 41.2 Å². The van der Waals surface area contributed by atoms with Crippen LogP contribution in [-0.4, -0.2) is 20.1 Å². The zero-order chi connectivity index (χ0) is 15.4. The Kier molecular flexibility index (Phi) is 4.19. The van der Waals surface area contributed by atoms with E-state index >= 15 is 0 Å². The minimum absolute atomic E-state index is 0.296. The minimum atomic E-state index is 0.296. The van der Waals surface area contributed by atoms with Crippen molar-refractivity contribution in [3.63, 3.8) is 0 Å². The van der Waals surface area contributed by atoms with Crippen LogP contribution >= 0.6 is 0 Å². The van der Waals surface area contributed by atoms with Gasteiger partial charge in [-0.15, -0.1) is 5.10 Å². The number of aromatic hydroxyl groups is 1. The maximum Gasteiger partial charge on any atom is 0.115 e. The van der Waals surface area contributed by atoms with Crippen LogP contribution in [-0.2, 0) is 13.0 Å². The third-order valence-electron chi connectivity index (χ3n) is 3.75. The number of aromatic nitrogens is 3. The van der Waals surface area contributed by atoms with Gasteiger partial charge in [-0.25, -0.2) is 4.68 Å². The van der Waals surface area contributed by atoms with Crippen LogP contribution in [0, 0.1) is 0 Å². The van der Waals surface area contributed by atoms with Crippen molar-refractivity contribution < 1.29 is 5.11 Å². The lowest BCUT2D eigenvalue weighted by atomic mass is 9.96. The molecule has 4 nitrogen and oxygen atoms in total. The highest BCUT2D eigenvalue weighted by molar-refractivity contribution is 5.28. The standard InChI is InChI=1S/C18H19N3O/c1-14(16-7-9-18(22)10-8-16)11-17-13-21(20-19-17)12-15-5-3-2-4-6-15/h2-10,13-14,22H,11-12H2,1H3. The zero-order valence-electron chi connectivity index (χ0n) is 12.6. The molecule has 2 aromatic carbocycles. The predicted molar refractivity (Wildman–Crippen MR) is 85.8 cm³/mol. The molecule has 1 aromatic heterocycles. The first kappa shape index (κ1) is 14.3. The Balaban J connectivity index is 1.65. The van der Waals surface area contributed by atoms with E-state index in [0.29, 0.717) is 11.7 Å². The van der Waals surface area contributed by atoms with Crippen molar-refractivity contribution in [3.8, 4) is 5.75 Å². The molecule has 0 aliphatic rings. The molecule has 4 heteroatoms. The van der Waals surface area contributed by atoms with Crippen LogP contribution in [0.2, 0.25) is 0 Å². The van der Waals surface area contributed by atoms with E-state index in [9.17, 15) is 5.11 Å². The third-order valence-corrected chi connectivity index (χ3v) is 3.75. The summed E-state index contributed by atoms with van der Waals surface area (Å²) < 4.78 is 1.87. The van der Waals surface area contributed by atoms with Gasteiger partial charge >= 0.3 is 0 Å². The van der Waals surface area contributed by atoms with Crippen LogP contribution in [0.5, 0.6) is 5.75 Å². The van der Waals surface area contributed by atoms with Crippen LogP contribution in [0.3, 0.4) is 0 Å². The van der Waals surface area contributed by atoms with E-state index in [4.69, 9.17) is 0 Å². The number of hydrogen-bond donors (Lipinski definition) is 1. The molecule has 0 fully saturated rings. The van der Waals surface area contributed by atoms with E-state index in [0.717, 1.165) is 18.7 Å². The normalized spacial score (nSPS) is 12.2. The fourth-order valence-corrected chi connectivity index (χ4v) is 2.51. The van der Waals surface area contributed by atoms with Crippen molar-refractivity contribution in [1.29, 1.82) is 0 Å². The Hall–Kier alpha value is -2.62. The molecule has 3 aromatic rings. The van der Waals surface area contributed by atoms with Gasteiger partial charge in [-0.3, -0.25) is 0 Å². The Morgan fingerprint density at radius 2 is 1.77 bits per heavy atom. The van der Waals surface area contributed by atoms with Gasteiger partial charge in [0.05, 0.1) is 12.2 Å². The van der Waals surface area contributed by atoms with Gasteiger partial charge in [0.1, 0.15) is 5.75 Å². The molecule has 0 aliphatic carbocycles. The van der Waals surface area contributed by atoms with Crippen LogP contribution in [0.15, 0.2) is 60.8 Å². The van der Waals surface area contributed by atoms with E-state index in [-0.39, 0.29) is 0 Å². The molecule has 112 valence electrons. The van der Waals surface area contributed by atoms with Crippen molar-refractivity contribution in [2.75, 3.05) is 0 Å². The van der Waals surface area contributed by atoms with Gasteiger partial charge < -0.3 is 5.11 Å². The van der Waals surface area contributed by atoms with Crippen molar-refractivity contribution in [3.05, 3.63) is 77.6 Å². The van der Waals surface area contributed by atoms with Crippen LogP contribution < -0.4 is 0 Å². The molecule has 0 bridgehead atoms. The van der Waals surface area contributed by atoms with Crippen molar-refractivity contribution in [2.45, 2.75) is 25.8 Å². The highest BCUT2D eigenvalue weighted by atomic mass is 16.3. The maximum atomic E-state index is 9.35. The van der Waals surface area contributed by atoms with Gasteiger partial charge in [-0.05, 0) is 35.6 Å². The smallest absolute Gasteiger partial charge is 0.115 e. The Morgan fingerprint density at radius 1 is 1.05 bits per heavy atom. The second-order valence-corrected chi connectivity index (χ2v) is 5.59. The zero-order valence-corrected chi connectivity index (χ0v) is 12.6. The molecule has 0 radical (unpaired) electrons. The topological polar surface area (TPSA) is 50.9 Å². The monoisotopic (exact) mass is 293 g/mol. The van der Waals surface area contributed by atoms with Crippen LogP contribution in [0.25, 0.3) is 0 Å². The molecule has 1 N–H and O–H groups in total. The summed E-state index contributed by atoms with van der Waals surface area (Å²) in [7, 11) is 0. The number of rotatable bonds is 5. The fourth-order valence-electron chi connectivity index (χ4n) is 2.51. The number of benzene rings is 2. The molecule has 0 amide bonds. The quantitative estimate of drug-likeness (QED) is 0.784. The molecule has 1 heterocycles. The second kappa shape index (κ2) is 6.43. The molecule has 1 atom stereocenters. The lowest BCUT2D eigenvalue weighted by Crippen LogP contribution is -2.00. The summed E-state index contributed by atoms with van der Waals surface area (Å²) in [5.74, 6) is 0.632. The van der Waals surface area contributed by atoms with Crippen LogP contribution in [0.1, 0.15) is 29.7 Å². The lowest BCUT2D eigenvalue weighted by Gasteiger charge is -2.09. The van der Waals surface area contributed by atoms with Crippen LogP contribution in [0.4, 0.5) is 0 Å². The maximum absolute atomic E-state index is 9.35. The predicted octanol–water partition coefficient (Wildman–Crippen LogP) is 3.38. The van der Waals surface area contributed by atoms with Crippen molar-refractivity contribution in [1.82, 2.24) is 15.0 Å². The molecule has 3 rings (SSSR count). The van der Waals surface area contributed by atoms with E-state index < -0.39 is 0 Å². The number of nitrogens with zero attached hydrogens (tertiary/aromatic N) is 3. The van der Waals surface area contributed by atoms with Gasteiger partial charge in [0.25, 0.3) is 0 Å². The summed E-state index contributed by atoms with van der Waals surface area (Å²) >= 11 is 0. The average molecular weight is 293 g/mol. The third kappa shape index (κ3) is 3.52. The van der Waals surface area contributed by atoms with Gasteiger partial charge in [0.15, 0.2) is 0 Å². The lowest BCUT2D eigenvalue weighted by molar-refractivity contribution is 0.475. The number of phenolic OH excluding ortho intramolecular Hbond substituents is 1. The van der Waals surface area contributed by atoms with Gasteiger partial charge in [-0.1, -0.05) is 54.6 Å². The Labute approximate surface area is 130 Å². The largest absolute Gasteiger partial charge is 0.508 e. The molecule has 22 heavy (non-hydrogen) atoms. The van der Waals surface area contributed by atoms with Gasteiger partial charge in [0.2, 0.25) is 0 Å². The molecule has 0 saturated carbocycles. The van der Waals surface area contributed by atoms with Crippen molar-refractivity contribution in [2.24, 2.45) is 0 Å². The van der Waals surface area contributed by atoms with Crippen molar-refractivity contribution >= 4 is 0 Å². The van der Waals surface area contributed by atoms with E-state index in [2.05, 4.69) is 29.4 Å². The first-order valence-electron chi connectivity index (χ1n) is 7.42. The summed E-state index contributed by atoms with van der Waals surface area (Å²) in [5.41, 5.74) is 3.39.